The number of hydrogen-bond donors (Lipinski definition) is 2. The van der Waals surface area contributed by atoms with Crippen molar-refractivity contribution in [1.82, 2.24) is 5.32 Å². The number of rotatable bonds is 6. The van der Waals surface area contributed by atoms with E-state index in [1.807, 2.05) is 6.07 Å². The lowest BCUT2D eigenvalue weighted by Crippen LogP contribution is -2.28. The van der Waals surface area contributed by atoms with Crippen LogP contribution in [0.3, 0.4) is 0 Å². The Bertz CT molecular complexity index is 357. The van der Waals surface area contributed by atoms with E-state index in [0.29, 0.717) is 17.2 Å². The summed E-state index contributed by atoms with van der Waals surface area (Å²) < 4.78 is 17.1. The van der Waals surface area contributed by atoms with E-state index < -0.39 is 16.9 Å². The minimum atomic E-state index is -1.24. The number of ether oxygens (including phenoxy) is 1. The van der Waals surface area contributed by atoms with Gasteiger partial charge in [0.1, 0.15) is 5.75 Å². The Morgan fingerprint density at radius 2 is 2.19 bits per heavy atom. The molecule has 0 heterocycles. The van der Waals surface area contributed by atoms with Gasteiger partial charge in [0.25, 0.3) is 0 Å². The lowest BCUT2D eigenvalue weighted by Gasteiger charge is -2.11. The lowest BCUT2D eigenvalue weighted by atomic mass is 10.3. The van der Waals surface area contributed by atoms with Crippen molar-refractivity contribution in [2.24, 2.45) is 0 Å². The number of nitrogens with one attached hydrogen (secondary N) is 1. The molecule has 0 aromatic heterocycles. The van der Waals surface area contributed by atoms with Gasteiger partial charge in [0, 0.05) is 6.54 Å². The van der Waals surface area contributed by atoms with Gasteiger partial charge in [-0.2, -0.15) is 0 Å². The first-order valence-corrected chi connectivity index (χ1v) is 6.35. The molecule has 1 aromatic rings. The zero-order valence-corrected chi connectivity index (χ0v) is 10.3. The molecule has 0 aliphatic rings. The third kappa shape index (κ3) is 3.59. The smallest absolute Gasteiger partial charge is 0.134 e. The summed E-state index contributed by atoms with van der Waals surface area (Å²) in [4.78, 5) is 0.625. The molecule has 4 nitrogen and oxygen atoms in total. The molecule has 0 amide bonds. The van der Waals surface area contributed by atoms with Crippen LogP contribution in [0, 0.1) is 0 Å². The van der Waals surface area contributed by atoms with Crippen LogP contribution >= 0.6 is 0 Å². The lowest BCUT2D eigenvalue weighted by molar-refractivity contribution is 0.198. The second-order valence-electron chi connectivity index (χ2n) is 3.37. The van der Waals surface area contributed by atoms with Gasteiger partial charge in [-0.3, -0.25) is 4.21 Å². The third-order valence-corrected chi connectivity index (χ3v) is 3.61. The van der Waals surface area contributed by atoms with Crippen molar-refractivity contribution in [2.45, 2.75) is 11.0 Å². The summed E-state index contributed by atoms with van der Waals surface area (Å²) in [6, 6.07) is 7.14. The summed E-state index contributed by atoms with van der Waals surface area (Å²) in [6.45, 7) is 0.431. The molecule has 5 heteroatoms. The predicted molar refractivity (Wildman–Crippen MR) is 64.2 cm³/mol. The third-order valence-electron chi connectivity index (χ3n) is 2.10. The maximum atomic E-state index is 12.0. The first-order chi connectivity index (χ1) is 7.69. The summed E-state index contributed by atoms with van der Waals surface area (Å²) in [7, 11) is 2.05. The molecule has 2 N–H and O–H groups in total. The van der Waals surface area contributed by atoms with Crippen LogP contribution < -0.4 is 10.1 Å². The minimum absolute atomic E-state index is 0.210. The van der Waals surface area contributed by atoms with Gasteiger partial charge >= 0.3 is 0 Å². The van der Waals surface area contributed by atoms with E-state index in [1.54, 1.807) is 32.4 Å². The van der Waals surface area contributed by atoms with E-state index in [-0.39, 0.29) is 5.75 Å². The Balaban J connectivity index is 2.72. The number of likely N-dealkylation sites (N-methyl/N-ethyl adjacent to an activating group) is 1. The standard InChI is InChI=1S/C11H17NO3S/c1-12-7-9(13)8-16(14)11-6-4-3-5-10(11)15-2/h3-6,9,12-13H,7-8H2,1-2H3. The Labute approximate surface area is 98.1 Å². The van der Waals surface area contributed by atoms with Gasteiger partial charge in [0.15, 0.2) is 0 Å². The van der Waals surface area contributed by atoms with Crippen LogP contribution in [0.15, 0.2) is 29.2 Å². The van der Waals surface area contributed by atoms with E-state index in [9.17, 15) is 9.32 Å². The van der Waals surface area contributed by atoms with Crippen LogP contribution in [0.25, 0.3) is 0 Å². The highest BCUT2D eigenvalue weighted by atomic mass is 32.2. The first kappa shape index (κ1) is 13.2. The van der Waals surface area contributed by atoms with E-state index in [1.165, 1.54) is 0 Å². The quantitative estimate of drug-likeness (QED) is 0.758. The normalized spacial score (nSPS) is 14.4. The van der Waals surface area contributed by atoms with Crippen molar-refractivity contribution in [2.75, 3.05) is 26.5 Å². The molecule has 16 heavy (non-hydrogen) atoms. The summed E-state index contributed by atoms with van der Waals surface area (Å²) >= 11 is 0. The number of aliphatic hydroxyl groups is 1. The predicted octanol–water partition coefficient (Wildman–Crippen LogP) is 0.383. The van der Waals surface area contributed by atoms with E-state index in [0.717, 1.165) is 0 Å². The van der Waals surface area contributed by atoms with Crippen molar-refractivity contribution < 1.29 is 14.1 Å². The van der Waals surface area contributed by atoms with Gasteiger partial charge in [-0.05, 0) is 19.2 Å². The van der Waals surface area contributed by atoms with Crippen LogP contribution in [0.2, 0.25) is 0 Å². The summed E-state index contributed by atoms with van der Waals surface area (Å²) in [6.07, 6.45) is -0.615. The fourth-order valence-corrected chi connectivity index (χ4v) is 2.62. The molecular weight excluding hydrogens is 226 g/mol. The Morgan fingerprint density at radius 3 is 2.81 bits per heavy atom. The molecule has 0 aliphatic carbocycles. The fraction of sp³-hybridized carbons (Fsp3) is 0.455. The van der Waals surface area contributed by atoms with E-state index in [2.05, 4.69) is 5.32 Å². The number of aliphatic hydroxyl groups excluding tert-OH is 1. The van der Waals surface area contributed by atoms with Crippen LogP contribution in [0.5, 0.6) is 5.75 Å². The number of methoxy groups -OCH3 is 1. The molecule has 1 aromatic carbocycles. The average molecular weight is 243 g/mol. The molecule has 0 bridgehead atoms. The topological polar surface area (TPSA) is 58.6 Å². The van der Waals surface area contributed by atoms with Crippen molar-refractivity contribution in [1.29, 1.82) is 0 Å². The SMILES string of the molecule is CNCC(O)CS(=O)c1ccccc1OC. The zero-order valence-electron chi connectivity index (χ0n) is 9.47. The van der Waals surface area contributed by atoms with Gasteiger partial charge < -0.3 is 15.2 Å². The number of hydrogen-bond acceptors (Lipinski definition) is 4. The molecule has 2 atom stereocenters. The van der Waals surface area contributed by atoms with E-state index in [4.69, 9.17) is 4.74 Å². The summed E-state index contributed by atoms with van der Waals surface area (Å²) in [5.74, 6) is 0.804. The monoisotopic (exact) mass is 243 g/mol. The fourth-order valence-electron chi connectivity index (χ4n) is 1.37. The molecule has 0 saturated carbocycles. The minimum Gasteiger partial charge on any atom is -0.495 e. The maximum absolute atomic E-state index is 12.0. The van der Waals surface area contributed by atoms with Gasteiger partial charge in [0.2, 0.25) is 0 Å². The van der Waals surface area contributed by atoms with Crippen LogP contribution in [-0.4, -0.2) is 41.9 Å². The molecular formula is C11H17NO3S. The highest BCUT2D eigenvalue weighted by molar-refractivity contribution is 7.85. The molecule has 0 spiro atoms. The van der Waals surface area contributed by atoms with Crippen LogP contribution in [0.4, 0.5) is 0 Å². The van der Waals surface area contributed by atoms with Crippen molar-refractivity contribution in [3.63, 3.8) is 0 Å². The Kier molecular flexibility index (Phi) is 5.45. The van der Waals surface area contributed by atoms with Gasteiger partial charge in [-0.25, -0.2) is 0 Å². The first-order valence-electron chi connectivity index (χ1n) is 5.03. The second kappa shape index (κ2) is 6.62. The van der Waals surface area contributed by atoms with Crippen molar-refractivity contribution in [3.8, 4) is 5.75 Å². The molecule has 1 rings (SSSR count). The molecule has 2 unspecified atom stereocenters. The highest BCUT2D eigenvalue weighted by Crippen LogP contribution is 2.21. The molecule has 0 fully saturated rings. The van der Waals surface area contributed by atoms with E-state index >= 15 is 0 Å². The van der Waals surface area contributed by atoms with Crippen LogP contribution in [-0.2, 0) is 10.8 Å². The summed E-state index contributed by atoms with van der Waals surface area (Å²) in [5, 5.41) is 12.4. The molecule has 90 valence electrons. The maximum Gasteiger partial charge on any atom is 0.134 e. The zero-order chi connectivity index (χ0) is 12.0. The van der Waals surface area contributed by atoms with Crippen LogP contribution in [0.1, 0.15) is 0 Å². The number of benzene rings is 1. The van der Waals surface area contributed by atoms with Gasteiger partial charge in [-0.1, -0.05) is 12.1 Å². The largest absolute Gasteiger partial charge is 0.495 e. The Hall–Kier alpha value is -0.910. The Morgan fingerprint density at radius 1 is 1.50 bits per heavy atom. The van der Waals surface area contributed by atoms with Gasteiger partial charge in [-0.15, -0.1) is 0 Å². The number of para-hydroxylation sites is 1. The van der Waals surface area contributed by atoms with Crippen molar-refractivity contribution >= 4 is 10.8 Å². The molecule has 0 radical (unpaired) electrons. The second-order valence-corrected chi connectivity index (χ2v) is 4.84. The summed E-state index contributed by atoms with van der Waals surface area (Å²) in [5.41, 5.74) is 0. The molecule has 0 aliphatic heterocycles. The van der Waals surface area contributed by atoms with Crippen molar-refractivity contribution in [3.05, 3.63) is 24.3 Å². The highest BCUT2D eigenvalue weighted by Gasteiger charge is 2.14. The van der Waals surface area contributed by atoms with Gasteiger partial charge in [0.05, 0.1) is 34.7 Å². The average Bonchev–Trinajstić information content (AvgIpc) is 2.29. The molecule has 0 saturated heterocycles.